The highest BCUT2D eigenvalue weighted by atomic mass is 16.5. The molecule has 18 heavy (non-hydrogen) atoms. The largest absolute Gasteiger partial charge is 0.497 e. The van der Waals surface area contributed by atoms with E-state index in [9.17, 15) is 4.79 Å². The minimum atomic E-state index is -0.148. The van der Waals surface area contributed by atoms with Gasteiger partial charge in [-0.2, -0.15) is 0 Å². The van der Waals surface area contributed by atoms with Gasteiger partial charge in [0.05, 0.1) is 19.7 Å². The molecule has 1 unspecified atom stereocenters. The number of hydrogen-bond donors (Lipinski definition) is 2. The Morgan fingerprint density at radius 1 is 1.50 bits per heavy atom. The van der Waals surface area contributed by atoms with E-state index in [1.54, 1.807) is 7.11 Å². The van der Waals surface area contributed by atoms with Crippen LogP contribution in [0.25, 0.3) is 0 Å². The number of nitrogens with two attached hydrogens (primary N) is 1. The maximum atomic E-state index is 11.2. The van der Waals surface area contributed by atoms with Gasteiger partial charge in [0.25, 0.3) is 0 Å². The van der Waals surface area contributed by atoms with Crippen molar-refractivity contribution >= 4 is 5.91 Å². The van der Waals surface area contributed by atoms with Crippen LogP contribution >= 0.6 is 0 Å². The summed E-state index contributed by atoms with van der Waals surface area (Å²) in [6, 6.07) is 7.92. The zero-order chi connectivity index (χ0) is 13.5. The smallest absolute Gasteiger partial charge is 0.233 e. The van der Waals surface area contributed by atoms with Crippen LogP contribution in [-0.2, 0) is 4.79 Å². The number of nitrogens with one attached hydrogen (secondary N) is 1. The van der Waals surface area contributed by atoms with Crippen LogP contribution in [0.4, 0.5) is 0 Å². The highest BCUT2D eigenvalue weighted by molar-refractivity contribution is 5.77. The minimum Gasteiger partial charge on any atom is -0.497 e. The van der Waals surface area contributed by atoms with Crippen LogP contribution in [0.3, 0.4) is 0 Å². The second-order valence-corrected chi connectivity index (χ2v) is 4.26. The standard InChI is InChI=1S/C13H21N3O2/c1-16(2)12(9-15-13(17)8-14)10-5-4-6-11(7-10)18-3/h4-7,12H,8-9,14H2,1-3H3,(H,15,17). The first-order chi connectivity index (χ1) is 8.58. The van der Waals surface area contributed by atoms with E-state index >= 15 is 0 Å². The molecule has 1 aromatic rings. The molecule has 1 amide bonds. The number of carbonyl (C=O) groups excluding carboxylic acids is 1. The van der Waals surface area contributed by atoms with Crippen molar-refractivity contribution in [1.29, 1.82) is 0 Å². The zero-order valence-electron chi connectivity index (χ0n) is 11.1. The van der Waals surface area contributed by atoms with Crippen molar-refractivity contribution in [1.82, 2.24) is 10.2 Å². The molecular formula is C13H21N3O2. The summed E-state index contributed by atoms with van der Waals surface area (Å²) in [6.45, 7) is 0.536. The lowest BCUT2D eigenvalue weighted by Gasteiger charge is -2.25. The molecule has 0 fully saturated rings. The van der Waals surface area contributed by atoms with Crippen molar-refractivity contribution in [3.8, 4) is 5.75 Å². The molecule has 0 aliphatic heterocycles. The van der Waals surface area contributed by atoms with Gasteiger partial charge in [-0.25, -0.2) is 0 Å². The molecule has 0 aliphatic rings. The Kier molecular flexibility index (Phi) is 5.61. The predicted molar refractivity (Wildman–Crippen MR) is 71.5 cm³/mol. The van der Waals surface area contributed by atoms with Crippen molar-refractivity contribution in [2.24, 2.45) is 5.73 Å². The quantitative estimate of drug-likeness (QED) is 0.766. The molecule has 0 saturated heterocycles. The molecule has 1 aromatic carbocycles. The van der Waals surface area contributed by atoms with E-state index < -0.39 is 0 Å². The molecule has 5 heteroatoms. The van der Waals surface area contributed by atoms with Crippen LogP contribution in [0.2, 0.25) is 0 Å². The maximum absolute atomic E-state index is 11.2. The summed E-state index contributed by atoms with van der Waals surface area (Å²) in [6.07, 6.45) is 0. The van der Waals surface area contributed by atoms with Crippen molar-refractivity contribution in [2.75, 3.05) is 34.3 Å². The molecule has 0 saturated carbocycles. The van der Waals surface area contributed by atoms with Gasteiger partial charge in [-0.1, -0.05) is 12.1 Å². The molecule has 0 aromatic heterocycles. The van der Waals surface area contributed by atoms with Crippen LogP contribution in [0.1, 0.15) is 11.6 Å². The monoisotopic (exact) mass is 251 g/mol. The van der Waals surface area contributed by atoms with Gasteiger partial charge < -0.3 is 20.7 Å². The molecule has 0 radical (unpaired) electrons. The Balaban J connectivity index is 2.80. The summed E-state index contributed by atoms with van der Waals surface area (Å²) in [5, 5.41) is 2.80. The molecule has 0 aliphatic carbocycles. The third kappa shape index (κ3) is 4.01. The Morgan fingerprint density at radius 2 is 2.22 bits per heavy atom. The van der Waals surface area contributed by atoms with Gasteiger partial charge in [-0.15, -0.1) is 0 Å². The molecule has 1 atom stereocenters. The second-order valence-electron chi connectivity index (χ2n) is 4.26. The van der Waals surface area contributed by atoms with Gasteiger partial charge >= 0.3 is 0 Å². The number of likely N-dealkylation sites (N-methyl/N-ethyl adjacent to an activating group) is 1. The third-order valence-corrected chi connectivity index (χ3v) is 2.78. The minimum absolute atomic E-state index is 0.0122. The lowest BCUT2D eigenvalue weighted by atomic mass is 10.1. The van der Waals surface area contributed by atoms with Crippen LogP contribution in [-0.4, -0.2) is 45.1 Å². The van der Waals surface area contributed by atoms with E-state index in [-0.39, 0.29) is 18.5 Å². The van der Waals surface area contributed by atoms with E-state index in [0.29, 0.717) is 6.54 Å². The Bertz CT molecular complexity index is 394. The number of carbonyl (C=O) groups is 1. The van der Waals surface area contributed by atoms with E-state index in [1.165, 1.54) is 0 Å². The molecule has 5 nitrogen and oxygen atoms in total. The van der Waals surface area contributed by atoms with E-state index in [0.717, 1.165) is 11.3 Å². The van der Waals surface area contributed by atoms with Gasteiger partial charge in [0, 0.05) is 6.54 Å². The first-order valence-electron chi connectivity index (χ1n) is 5.85. The SMILES string of the molecule is COc1cccc(C(CNC(=O)CN)N(C)C)c1. The van der Waals surface area contributed by atoms with Gasteiger partial charge in [0.2, 0.25) is 5.91 Å². The first-order valence-corrected chi connectivity index (χ1v) is 5.85. The second kappa shape index (κ2) is 6.98. The topological polar surface area (TPSA) is 67.6 Å². The molecule has 0 heterocycles. The predicted octanol–water partition coefficient (Wildman–Crippen LogP) is 0.373. The van der Waals surface area contributed by atoms with Gasteiger partial charge in [-0.3, -0.25) is 4.79 Å². The number of methoxy groups -OCH3 is 1. The number of amides is 1. The van der Waals surface area contributed by atoms with Crippen LogP contribution in [0, 0.1) is 0 Å². The number of nitrogens with zero attached hydrogens (tertiary/aromatic N) is 1. The van der Waals surface area contributed by atoms with Crippen LogP contribution in [0.15, 0.2) is 24.3 Å². The summed E-state index contributed by atoms with van der Waals surface area (Å²) in [7, 11) is 5.58. The summed E-state index contributed by atoms with van der Waals surface area (Å²) in [5.74, 6) is 0.661. The highest BCUT2D eigenvalue weighted by Crippen LogP contribution is 2.21. The Morgan fingerprint density at radius 3 is 2.78 bits per heavy atom. The van der Waals surface area contributed by atoms with Crippen LogP contribution < -0.4 is 15.8 Å². The average molecular weight is 251 g/mol. The maximum Gasteiger partial charge on any atom is 0.233 e. The highest BCUT2D eigenvalue weighted by Gasteiger charge is 2.15. The van der Waals surface area contributed by atoms with Gasteiger partial charge in [0.15, 0.2) is 0 Å². The van der Waals surface area contributed by atoms with Gasteiger partial charge in [-0.05, 0) is 31.8 Å². The average Bonchev–Trinajstić information content (AvgIpc) is 2.38. The Hall–Kier alpha value is -1.59. The molecule has 3 N–H and O–H groups in total. The van der Waals surface area contributed by atoms with Crippen LogP contribution in [0.5, 0.6) is 5.75 Å². The molecular weight excluding hydrogens is 230 g/mol. The van der Waals surface area contributed by atoms with E-state index in [4.69, 9.17) is 10.5 Å². The fraction of sp³-hybridized carbons (Fsp3) is 0.462. The van der Waals surface area contributed by atoms with Crippen molar-refractivity contribution in [2.45, 2.75) is 6.04 Å². The fourth-order valence-corrected chi connectivity index (χ4v) is 1.73. The zero-order valence-corrected chi connectivity index (χ0v) is 11.1. The Labute approximate surface area is 108 Å². The summed E-state index contributed by atoms with van der Waals surface area (Å²) in [4.78, 5) is 13.3. The van der Waals surface area contributed by atoms with Crippen molar-refractivity contribution < 1.29 is 9.53 Å². The number of rotatable bonds is 6. The van der Waals surface area contributed by atoms with E-state index in [1.807, 2.05) is 43.3 Å². The number of benzene rings is 1. The molecule has 1 rings (SSSR count). The third-order valence-electron chi connectivity index (χ3n) is 2.78. The number of ether oxygens (including phenoxy) is 1. The molecule has 0 bridgehead atoms. The summed E-state index contributed by atoms with van der Waals surface area (Å²) in [5.41, 5.74) is 6.37. The molecule has 0 spiro atoms. The normalized spacial score (nSPS) is 12.3. The summed E-state index contributed by atoms with van der Waals surface area (Å²) < 4.78 is 5.21. The molecule has 100 valence electrons. The number of hydrogen-bond acceptors (Lipinski definition) is 4. The van der Waals surface area contributed by atoms with Crippen molar-refractivity contribution in [3.05, 3.63) is 29.8 Å². The lowest BCUT2D eigenvalue weighted by molar-refractivity contribution is -0.119. The van der Waals surface area contributed by atoms with Crippen molar-refractivity contribution in [3.63, 3.8) is 0 Å². The summed E-state index contributed by atoms with van der Waals surface area (Å²) >= 11 is 0. The first kappa shape index (κ1) is 14.5. The van der Waals surface area contributed by atoms with Gasteiger partial charge in [0.1, 0.15) is 5.75 Å². The lowest BCUT2D eigenvalue weighted by Crippen LogP contribution is -2.37. The fourth-order valence-electron chi connectivity index (χ4n) is 1.73. The van der Waals surface area contributed by atoms with E-state index in [2.05, 4.69) is 5.32 Å².